The van der Waals surface area contributed by atoms with Gasteiger partial charge in [-0.25, -0.2) is 0 Å². The molecular formula is C12H20N4O. The number of nitrogens with zero attached hydrogens (tertiary/aromatic N) is 2. The van der Waals surface area contributed by atoms with Gasteiger partial charge in [0.15, 0.2) is 0 Å². The van der Waals surface area contributed by atoms with Crippen molar-refractivity contribution in [3.63, 3.8) is 0 Å². The van der Waals surface area contributed by atoms with Gasteiger partial charge in [-0.1, -0.05) is 13.3 Å². The number of nitrogens with one attached hydrogen (secondary N) is 1. The van der Waals surface area contributed by atoms with Gasteiger partial charge in [0.05, 0.1) is 16.8 Å². The van der Waals surface area contributed by atoms with Crippen LogP contribution in [0.5, 0.6) is 0 Å². The molecule has 0 saturated heterocycles. The molecule has 1 aromatic heterocycles. The van der Waals surface area contributed by atoms with Crippen LogP contribution in [0, 0.1) is 5.41 Å². The smallest absolute Gasteiger partial charge is 0.231 e. The average molecular weight is 236 g/mol. The minimum atomic E-state index is -0.332. The number of aromatic nitrogens is 2. The summed E-state index contributed by atoms with van der Waals surface area (Å²) < 4.78 is 1.73. The van der Waals surface area contributed by atoms with Crippen molar-refractivity contribution in [1.29, 1.82) is 0 Å². The first-order valence-electron chi connectivity index (χ1n) is 6.15. The molecule has 2 rings (SSSR count). The van der Waals surface area contributed by atoms with Gasteiger partial charge in [0, 0.05) is 19.8 Å². The Morgan fingerprint density at radius 2 is 2.35 bits per heavy atom. The van der Waals surface area contributed by atoms with Crippen LogP contribution in [0.1, 0.15) is 31.9 Å². The summed E-state index contributed by atoms with van der Waals surface area (Å²) in [7, 11) is 1.86. The molecule has 5 heteroatoms. The molecule has 1 heterocycles. The Morgan fingerprint density at radius 1 is 1.65 bits per heavy atom. The van der Waals surface area contributed by atoms with Crippen LogP contribution in [-0.2, 0) is 18.3 Å². The lowest BCUT2D eigenvalue weighted by atomic mass is 9.68. The molecule has 5 nitrogen and oxygen atoms in total. The molecule has 0 aromatic carbocycles. The molecule has 0 aliphatic heterocycles. The summed E-state index contributed by atoms with van der Waals surface area (Å²) in [5.41, 5.74) is 7.13. The molecule has 0 radical (unpaired) electrons. The summed E-state index contributed by atoms with van der Waals surface area (Å²) in [6.45, 7) is 2.46. The minimum Gasteiger partial charge on any atom is -0.329 e. The van der Waals surface area contributed by atoms with Crippen molar-refractivity contribution < 1.29 is 4.79 Å². The van der Waals surface area contributed by atoms with Gasteiger partial charge < -0.3 is 11.1 Å². The highest BCUT2D eigenvalue weighted by Gasteiger charge is 2.43. The SMILES string of the molecule is CCc1nn(C)cc1NC(=O)C1(CN)CCC1. The van der Waals surface area contributed by atoms with Gasteiger partial charge in [-0.3, -0.25) is 9.48 Å². The predicted octanol–water partition coefficient (Wildman–Crippen LogP) is 1.05. The molecule has 0 bridgehead atoms. The number of aryl methyl sites for hydroxylation is 2. The first kappa shape index (κ1) is 12.1. The summed E-state index contributed by atoms with van der Waals surface area (Å²) >= 11 is 0. The number of anilines is 1. The van der Waals surface area contributed by atoms with Gasteiger partial charge in [0.2, 0.25) is 5.91 Å². The molecule has 1 fully saturated rings. The Bertz CT molecular complexity index is 415. The van der Waals surface area contributed by atoms with E-state index in [1.807, 2.05) is 20.2 Å². The van der Waals surface area contributed by atoms with E-state index in [4.69, 9.17) is 5.73 Å². The molecule has 3 N–H and O–H groups in total. The second-order valence-corrected chi connectivity index (χ2v) is 4.81. The van der Waals surface area contributed by atoms with Gasteiger partial charge in [0.25, 0.3) is 0 Å². The number of rotatable bonds is 4. The minimum absolute atomic E-state index is 0.0500. The zero-order valence-electron chi connectivity index (χ0n) is 10.5. The average Bonchev–Trinajstić information content (AvgIpc) is 2.58. The van der Waals surface area contributed by atoms with Crippen LogP contribution >= 0.6 is 0 Å². The lowest BCUT2D eigenvalue weighted by Gasteiger charge is -2.38. The maximum Gasteiger partial charge on any atom is 0.231 e. The number of nitrogens with two attached hydrogens (primary N) is 1. The molecule has 1 saturated carbocycles. The van der Waals surface area contributed by atoms with Crippen LogP contribution in [0.4, 0.5) is 5.69 Å². The Labute approximate surface area is 101 Å². The molecule has 0 unspecified atom stereocenters. The van der Waals surface area contributed by atoms with E-state index < -0.39 is 0 Å². The molecule has 1 amide bonds. The molecule has 1 aromatic rings. The van der Waals surface area contributed by atoms with Gasteiger partial charge in [-0.15, -0.1) is 0 Å². The second kappa shape index (κ2) is 4.49. The van der Waals surface area contributed by atoms with Crippen molar-refractivity contribution in [2.45, 2.75) is 32.6 Å². The predicted molar refractivity (Wildman–Crippen MR) is 66.6 cm³/mol. The van der Waals surface area contributed by atoms with Crippen LogP contribution in [0.15, 0.2) is 6.20 Å². The lowest BCUT2D eigenvalue weighted by molar-refractivity contribution is -0.129. The monoisotopic (exact) mass is 236 g/mol. The Kier molecular flexibility index (Phi) is 3.19. The maximum absolute atomic E-state index is 12.2. The van der Waals surface area contributed by atoms with E-state index >= 15 is 0 Å². The number of hydrogen-bond acceptors (Lipinski definition) is 3. The summed E-state index contributed by atoms with van der Waals surface area (Å²) in [5, 5.41) is 7.28. The summed E-state index contributed by atoms with van der Waals surface area (Å²) in [5.74, 6) is 0.0500. The summed E-state index contributed by atoms with van der Waals surface area (Å²) in [6, 6.07) is 0. The molecule has 17 heavy (non-hydrogen) atoms. The maximum atomic E-state index is 12.2. The zero-order chi connectivity index (χ0) is 12.5. The molecule has 1 aliphatic rings. The topological polar surface area (TPSA) is 72.9 Å². The van der Waals surface area contributed by atoms with Crippen molar-refractivity contribution in [3.05, 3.63) is 11.9 Å². The van der Waals surface area contributed by atoms with Crippen LogP contribution in [0.3, 0.4) is 0 Å². The van der Waals surface area contributed by atoms with Crippen molar-refractivity contribution in [2.75, 3.05) is 11.9 Å². The fraction of sp³-hybridized carbons (Fsp3) is 0.667. The first-order chi connectivity index (χ1) is 8.11. The first-order valence-corrected chi connectivity index (χ1v) is 6.15. The Hall–Kier alpha value is -1.36. The van der Waals surface area contributed by atoms with E-state index in [-0.39, 0.29) is 11.3 Å². The number of carbonyl (C=O) groups excluding carboxylic acids is 1. The van der Waals surface area contributed by atoms with E-state index in [9.17, 15) is 4.79 Å². The van der Waals surface area contributed by atoms with Crippen LogP contribution in [-0.4, -0.2) is 22.2 Å². The van der Waals surface area contributed by atoms with Gasteiger partial charge in [0.1, 0.15) is 0 Å². The van der Waals surface area contributed by atoms with Crippen molar-refractivity contribution >= 4 is 11.6 Å². The summed E-state index contributed by atoms with van der Waals surface area (Å²) in [6.07, 6.45) is 5.55. The van der Waals surface area contributed by atoms with E-state index in [2.05, 4.69) is 10.4 Å². The van der Waals surface area contributed by atoms with Gasteiger partial charge in [-0.05, 0) is 19.3 Å². The van der Waals surface area contributed by atoms with E-state index in [0.717, 1.165) is 37.1 Å². The third-order valence-corrected chi connectivity index (χ3v) is 3.67. The Balaban J connectivity index is 2.12. The van der Waals surface area contributed by atoms with E-state index in [0.29, 0.717) is 6.54 Å². The highest BCUT2D eigenvalue weighted by Crippen LogP contribution is 2.40. The zero-order valence-corrected chi connectivity index (χ0v) is 10.5. The van der Waals surface area contributed by atoms with Crippen LogP contribution in [0.2, 0.25) is 0 Å². The molecule has 1 aliphatic carbocycles. The molecule has 94 valence electrons. The van der Waals surface area contributed by atoms with Crippen molar-refractivity contribution in [2.24, 2.45) is 18.2 Å². The lowest BCUT2D eigenvalue weighted by Crippen LogP contribution is -2.47. The molecule has 0 atom stereocenters. The highest BCUT2D eigenvalue weighted by molar-refractivity contribution is 5.96. The number of carbonyl (C=O) groups is 1. The molecule has 0 spiro atoms. The standard InChI is InChI=1S/C12H20N4O/c1-3-9-10(7-16(2)15-9)14-11(17)12(8-13)5-4-6-12/h7H,3-6,8,13H2,1-2H3,(H,14,17). The summed E-state index contributed by atoms with van der Waals surface area (Å²) in [4.78, 5) is 12.2. The third-order valence-electron chi connectivity index (χ3n) is 3.67. The van der Waals surface area contributed by atoms with Crippen LogP contribution in [0.25, 0.3) is 0 Å². The van der Waals surface area contributed by atoms with Crippen LogP contribution < -0.4 is 11.1 Å². The highest BCUT2D eigenvalue weighted by atomic mass is 16.2. The number of amides is 1. The fourth-order valence-corrected chi connectivity index (χ4v) is 2.28. The van der Waals surface area contributed by atoms with E-state index in [1.165, 1.54) is 0 Å². The van der Waals surface area contributed by atoms with Crippen molar-refractivity contribution in [3.8, 4) is 0 Å². The van der Waals surface area contributed by atoms with Gasteiger partial charge >= 0.3 is 0 Å². The Morgan fingerprint density at radius 3 is 2.82 bits per heavy atom. The normalized spacial score (nSPS) is 17.6. The third kappa shape index (κ3) is 2.07. The number of hydrogen-bond donors (Lipinski definition) is 2. The molecular weight excluding hydrogens is 216 g/mol. The van der Waals surface area contributed by atoms with Crippen molar-refractivity contribution in [1.82, 2.24) is 9.78 Å². The largest absolute Gasteiger partial charge is 0.329 e. The van der Waals surface area contributed by atoms with E-state index in [1.54, 1.807) is 4.68 Å². The fourth-order valence-electron chi connectivity index (χ4n) is 2.28. The van der Waals surface area contributed by atoms with Gasteiger partial charge in [-0.2, -0.15) is 5.10 Å². The second-order valence-electron chi connectivity index (χ2n) is 4.81. The quantitative estimate of drug-likeness (QED) is 0.820.